The zero-order valence-electron chi connectivity index (χ0n) is 15.4. The van der Waals surface area contributed by atoms with Gasteiger partial charge in [0.05, 0.1) is 31.6 Å². The molecular weight excluding hydrogens is 363 g/mol. The molecule has 0 N–H and O–H groups in total. The van der Waals surface area contributed by atoms with Crippen LogP contribution in [0, 0.1) is 5.82 Å². The van der Waals surface area contributed by atoms with E-state index in [0.717, 1.165) is 4.90 Å². The Morgan fingerprint density at radius 2 is 1.64 bits per heavy atom. The standard InChI is InChI=1S/C21H19FN2O4/c1-27-17-5-3-2-4-16(17)24-20(25)18(14-6-8-15(22)9-7-14)19(21(24)26)23-10-12-28-13-11-23/h2-9H,10-13H2,1H3. The van der Waals surface area contributed by atoms with Gasteiger partial charge in [-0.05, 0) is 29.8 Å². The van der Waals surface area contributed by atoms with Crippen molar-refractivity contribution in [3.63, 3.8) is 0 Å². The lowest BCUT2D eigenvalue weighted by Crippen LogP contribution is -2.40. The number of nitrogens with zero attached hydrogens (tertiary/aromatic N) is 2. The molecule has 0 spiro atoms. The zero-order chi connectivity index (χ0) is 19.7. The van der Waals surface area contributed by atoms with E-state index in [4.69, 9.17) is 9.47 Å². The largest absolute Gasteiger partial charge is 0.495 e. The summed E-state index contributed by atoms with van der Waals surface area (Å²) in [5.74, 6) is -0.861. The number of methoxy groups -OCH3 is 1. The Balaban J connectivity index is 1.84. The SMILES string of the molecule is COc1ccccc1N1C(=O)C(c2ccc(F)cc2)=C(N2CCOCC2)C1=O. The number of imide groups is 1. The van der Waals surface area contributed by atoms with Crippen molar-refractivity contribution in [2.75, 3.05) is 38.3 Å². The molecule has 144 valence electrons. The van der Waals surface area contributed by atoms with E-state index in [0.29, 0.717) is 49.0 Å². The fourth-order valence-corrected chi connectivity index (χ4v) is 3.51. The number of amides is 2. The lowest BCUT2D eigenvalue weighted by molar-refractivity contribution is -0.121. The molecule has 0 aromatic heterocycles. The van der Waals surface area contributed by atoms with E-state index in [1.807, 2.05) is 4.90 Å². The molecule has 2 aliphatic rings. The maximum Gasteiger partial charge on any atom is 0.282 e. The third kappa shape index (κ3) is 3.03. The van der Waals surface area contributed by atoms with Crippen LogP contribution in [0.15, 0.2) is 54.2 Å². The average Bonchev–Trinajstić information content (AvgIpc) is 2.99. The first kappa shape index (κ1) is 18.2. The minimum absolute atomic E-state index is 0.262. The van der Waals surface area contributed by atoms with Crippen molar-refractivity contribution in [2.24, 2.45) is 0 Å². The number of rotatable bonds is 4. The predicted molar refractivity (Wildman–Crippen MR) is 101 cm³/mol. The smallest absolute Gasteiger partial charge is 0.282 e. The van der Waals surface area contributed by atoms with Crippen LogP contribution >= 0.6 is 0 Å². The quantitative estimate of drug-likeness (QED) is 0.761. The topological polar surface area (TPSA) is 59.1 Å². The molecule has 0 radical (unpaired) electrons. The van der Waals surface area contributed by atoms with Crippen molar-refractivity contribution in [2.45, 2.75) is 0 Å². The number of para-hydroxylation sites is 2. The van der Waals surface area contributed by atoms with Crippen LogP contribution in [0.5, 0.6) is 5.75 Å². The monoisotopic (exact) mass is 382 g/mol. The molecule has 0 bridgehead atoms. The van der Waals surface area contributed by atoms with Gasteiger partial charge in [-0.25, -0.2) is 9.29 Å². The number of benzene rings is 2. The molecule has 2 aromatic rings. The van der Waals surface area contributed by atoms with Gasteiger partial charge in [0.1, 0.15) is 17.3 Å². The van der Waals surface area contributed by atoms with Crippen molar-refractivity contribution in [3.05, 3.63) is 65.6 Å². The molecule has 0 unspecified atom stereocenters. The van der Waals surface area contributed by atoms with Crippen molar-refractivity contribution in [1.29, 1.82) is 0 Å². The minimum Gasteiger partial charge on any atom is -0.495 e. The zero-order valence-corrected chi connectivity index (χ0v) is 15.4. The Morgan fingerprint density at radius 1 is 0.964 bits per heavy atom. The van der Waals surface area contributed by atoms with E-state index >= 15 is 0 Å². The molecule has 0 saturated carbocycles. The number of ether oxygens (including phenoxy) is 2. The van der Waals surface area contributed by atoms with Gasteiger partial charge in [-0.3, -0.25) is 9.59 Å². The highest BCUT2D eigenvalue weighted by Gasteiger charge is 2.43. The minimum atomic E-state index is -0.456. The molecule has 2 amide bonds. The fourth-order valence-electron chi connectivity index (χ4n) is 3.51. The first-order chi connectivity index (χ1) is 13.6. The van der Waals surface area contributed by atoms with Crippen molar-refractivity contribution in [1.82, 2.24) is 4.90 Å². The molecule has 2 aromatic carbocycles. The van der Waals surface area contributed by atoms with Gasteiger partial charge in [-0.2, -0.15) is 0 Å². The normalized spacial score (nSPS) is 17.5. The predicted octanol–water partition coefficient (Wildman–Crippen LogP) is 2.45. The summed E-state index contributed by atoms with van der Waals surface area (Å²) >= 11 is 0. The van der Waals surface area contributed by atoms with Crippen molar-refractivity contribution < 1.29 is 23.5 Å². The summed E-state index contributed by atoms with van der Waals surface area (Å²) in [5.41, 5.74) is 1.45. The van der Waals surface area contributed by atoms with Crippen LogP contribution in [-0.2, 0) is 14.3 Å². The summed E-state index contributed by atoms with van der Waals surface area (Å²) in [6, 6.07) is 12.5. The number of halogens is 1. The molecular formula is C21H19FN2O4. The number of carbonyl (C=O) groups excluding carboxylic acids is 2. The highest BCUT2D eigenvalue weighted by Crippen LogP contribution is 2.38. The molecule has 1 saturated heterocycles. The Labute approximate surface area is 161 Å². The Hall–Kier alpha value is -3.19. The summed E-state index contributed by atoms with van der Waals surface area (Å²) in [6.07, 6.45) is 0. The molecule has 6 nitrogen and oxygen atoms in total. The van der Waals surface area contributed by atoms with Crippen LogP contribution in [0.25, 0.3) is 5.57 Å². The van der Waals surface area contributed by atoms with Gasteiger partial charge in [0, 0.05) is 13.1 Å². The first-order valence-corrected chi connectivity index (χ1v) is 8.96. The van der Waals surface area contributed by atoms with Gasteiger partial charge in [0.25, 0.3) is 11.8 Å². The van der Waals surface area contributed by atoms with E-state index in [1.165, 1.54) is 31.4 Å². The van der Waals surface area contributed by atoms with E-state index in [9.17, 15) is 14.0 Å². The maximum absolute atomic E-state index is 13.4. The van der Waals surface area contributed by atoms with Crippen LogP contribution in [0.4, 0.5) is 10.1 Å². The molecule has 0 aliphatic carbocycles. The van der Waals surface area contributed by atoms with Gasteiger partial charge in [0.2, 0.25) is 0 Å². The van der Waals surface area contributed by atoms with Gasteiger partial charge >= 0.3 is 0 Å². The lowest BCUT2D eigenvalue weighted by Gasteiger charge is -2.29. The number of anilines is 1. The van der Waals surface area contributed by atoms with Crippen LogP contribution in [0.3, 0.4) is 0 Å². The van der Waals surface area contributed by atoms with E-state index < -0.39 is 17.6 Å². The van der Waals surface area contributed by atoms with E-state index in [2.05, 4.69) is 0 Å². The highest BCUT2D eigenvalue weighted by atomic mass is 19.1. The van der Waals surface area contributed by atoms with E-state index in [1.54, 1.807) is 24.3 Å². The lowest BCUT2D eigenvalue weighted by atomic mass is 10.0. The summed E-state index contributed by atoms with van der Waals surface area (Å²) < 4.78 is 24.1. The van der Waals surface area contributed by atoms with E-state index in [-0.39, 0.29) is 5.57 Å². The number of hydrogen-bond acceptors (Lipinski definition) is 5. The molecule has 2 heterocycles. The second-order valence-electron chi connectivity index (χ2n) is 6.45. The van der Waals surface area contributed by atoms with Gasteiger partial charge in [0.15, 0.2) is 0 Å². The summed E-state index contributed by atoms with van der Waals surface area (Å²) in [4.78, 5) is 29.7. The Morgan fingerprint density at radius 3 is 2.32 bits per heavy atom. The number of hydrogen-bond donors (Lipinski definition) is 0. The van der Waals surface area contributed by atoms with Crippen LogP contribution < -0.4 is 9.64 Å². The maximum atomic E-state index is 13.4. The second kappa shape index (κ2) is 7.44. The average molecular weight is 382 g/mol. The molecule has 0 atom stereocenters. The molecule has 28 heavy (non-hydrogen) atoms. The number of morpholine rings is 1. The van der Waals surface area contributed by atoms with Crippen LogP contribution in [0.2, 0.25) is 0 Å². The van der Waals surface area contributed by atoms with Crippen molar-refractivity contribution >= 4 is 23.1 Å². The fraction of sp³-hybridized carbons (Fsp3) is 0.238. The van der Waals surface area contributed by atoms with Gasteiger partial charge in [-0.15, -0.1) is 0 Å². The number of carbonyl (C=O) groups is 2. The van der Waals surface area contributed by atoms with Gasteiger partial charge in [-0.1, -0.05) is 24.3 Å². The summed E-state index contributed by atoms with van der Waals surface area (Å²) in [7, 11) is 1.49. The first-order valence-electron chi connectivity index (χ1n) is 8.96. The van der Waals surface area contributed by atoms with Crippen LogP contribution in [0.1, 0.15) is 5.56 Å². The molecule has 2 aliphatic heterocycles. The molecule has 4 rings (SSSR count). The Bertz CT molecular complexity index is 949. The van der Waals surface area contributed by atoms with Crippen LogP contribution in [-0.4, -0.2) is 50.1 Å². The third-order valence-electron chi connectivity index (χ3n) is 4.85. The molecule has 7 heteroatoms. The highest BCUT2D eigenvalue weighted by molar-refractivity contribution is 6.45. The second-order valence-corrected chi connectivity index (χ2v) is 6.45. The van der Waals surface area contributed by atoms with Crippen molar-refractivity contribution in [3.8, 4) is 5.75 Å². The third-order valence-corrected chi connectivity index (χ3v) is 4.85. The summed E-state index contributed by atoms with van der Waals surface area (Å²) in [6.45, 7) is 1.93. The Kier molecular flexibility index (Phi) is 4.83. The molecule has 1 fully saturated rings. The van der Waals surface area contributed by atoms with Gasteiger partial charge < -0.3 is 14.4 Å². The summed E-state index contributed by atoms with van der Waals surface area (Å²) in [5, 5.41) is 0.